The predicted molar refractivity (Wildman–Crippen MR) is 122 cm³/mol. The van der Waals surface area contributed by atoms with E-state index in [2.05, 4.69) is 10.2 Å². The fraction of sp³-hybridized carbons (Fsp3) is 0.810. The molecule has 184 valence electrons. The lowest BCUT2D eigenvalue weighted by Gasteiger charge is -2.11. The third-order valence-corrected chi connectivity index (χ3v) is 3.74. The van der Waals surface area contributed by atoms with Crippen molar-refractivity contribution in [3.05, 3.63) is 0 Å². The van der Waals surface area contributed by atoms with Gasteiger partial charge in [-0.15, -0.1) is 5.06 Å². The van der Waals surface area contributed by atoms with Crippen LogP contribution < -0.4 is 22.5 Å². The Hall–Kier alpha value is -2.04. The monoisotopic (exact) mass is 447 g/mol. The molecule has 1 fully saturated rings. The van der Waals surface area contributed by atoms with Crippen molar-refractivity contribution in [2.75, 3.05) is 26.2 Å². The average molecular weight is 448 g/mol. The Morgan fingerprint density at radius 1 is 0.871 bits per heavy atom. The van der Waals surface area contributed by atoms with Crippen molar-refractivity contribution < 1.29 is 24.0 Å². The van der Waals surface area contributed by atoms with Gasteiger partial charge >= 0.3 is 5.97 Å². The largest absolute Gasteiger partial charge is 0.356 e. The molecule has 1 heterocycles. The van der Waals surface area contributed by atoms with Gasteiger partial charge in [0.15, 0.2) is 0 Å². The standard InChI is InChI=1S/C8H18N2O.C8H11NO4.C4H12N2.CH4/c1-2-5-8(11)10-7-4-3-6-9;1-2-3-8(12)13-9-6(10)4-5-7(9)11;5-3-1-2-4-6;/h2-7,9H2,1H3,(H,10,11);2-5H2,1H3;1-6H2;1H4. The summed E-state index contributed by atoms with van der Waals surface area (Å²) in [6, 6.07) is 0. The van der Waals surface area contributed by atoms with Crippen molar-refractivity contribution in [2.24, 2.45) is 17.2 Å². The molecule has 0 aromatic carbocycles. The zero-order valence-electron chi connectivity index (χ0n) is 18.6. The minimum Gasteiger partial charge on any atom is -0.356 e. The molecule has 0 unspecified atom stereocenters. The number of hydroxylamine groups is 2. The van der Waals surface area contributed by atoms with Gasteiger partial charge in [0, 0.05) is 32.2 Å². The Balaban J connectivity index is -0.000000398. The molecule has 7 N–H and O–H groups in total. The summed E-state index contributed by atoms with van der Waals surface area (Å²) in [5.41, 5.74) is 15.6. The molecule has 10 nitrogen and oxygen atoms in total. The number of hydrogen-bond donors (Lipinski definition) is 4. The fourth-order valence-electron chi connectivity index (χ4n) is 2.11. The van der Waals surface area contributed by atoms with Crippen LogP contribution in [0.1, 0.15) is 85.5 Å². The molecule has 0 saturated carbocycles. The van der Waals surface area contributed by atoms with E-state index in [1.807, 2.05) is 13.8 Å². The van der Waals surface area contributed by atoms with Gasteiger partial charge in [-0.25, -0.2) is 4.79 Å². The molecule has 0 aliphatic carbocycles. The first-order valence-electron chi connectivity index (χ1n) is 10.8. The third-order valence-electron chi connectivity index (χ3n) is 3.74. The maximum Gasteiger partial charge on any atom is 0.333 e. The second-order valence-electron chi connectivity index (χ2n) is 6.68. The Labute approximate surface area is 187 Å². The van der Waals surface area contributed by atoms with E-state index in [-0.39, 0.29) is 32.6 Å². The van der Waals surface area contributed by atoms with Crippen LogP contribution in [-0.2, 0) is 24.0 Å². The summed E-state index contributed by atoms with van der Waals surface area (Å²) in [6.45, 7) is 6.85. The summed E-state index contributed by atoms with van der Waals surface area (Å²) in [4.78, 5) is 48.3. The molecule has 1 aliphatic heterocycles. The van der Waals surface area contributed by atoms with Crippen molar-refractivity contribution in [3.8, 4) is 0 Å². The number of unbranched alkanes of at least 4 members (excludes halogenated alkanes) is 2. The van der Waals surface area contributed by atoms with E-state index in [9.17, 15) is 19.2 Å². The third kappa shape index (κ3) is 21.0. The first-order chi connectivity index (χ1) is 14.4. The lowest BCUT2D eigenvalue weighted by molar-refractivity contribution is -0.197. The zero-order chi connectivity index (χ0) is 23.2. The van der Waals surface area contributed by atoms with Crippen molar-refractivity contribution in [3.63, 3.8) is 0 Å². The van der Waals surface area contributed by atoms with Crippen LogP contribution in [0.4, 0.5) is 0 Å². The van der Waals surface area contributed by atoms with E-state index < -0.39 is 17.8 Å². The van der Waals surface area contributed by atoms with Gasteiger partial charge in [-0.1, -0.05) is 21.3 Å². The first-order valence-corrected chi connectivity index (χ1v) is 10.8. The Kier molecular flexibility index (Phi) is 26.3. The molecule has 1 aliphatic rings. The highest BCUT2D eigenvalue weighted by molar-refractivity contribution is 6.01. The number of carbonyl (C=O) groups is 4. The van der Waals surface area contributed by atoms with Gasteiger partial charge in [-0.05, 0) is 58.2 Å². The van der Waals surface area contributed by atoms with E-state index in [1.165, 1.54) is 0 Å². The number of nitrogens with two attached hydrogens (primary N) is 3. The molecule has 31 heavy (non-hydrogen) atoms. The van der Waals surface area contributed by atoms with Crippen LogP contribution in [0.15, 0.2) is 0 Å². The number of nitrogens with one attached hydrogen (secondary N) is 1. The van der Waals surface area contributed by atoms with E-state index >= 15 is 0 Å². The van der Waals surface area contributed by atoms with Crippen LogP contribution in [0.25, 0.3) is 0 Å². The van der Waals surface area contributed by atoms with Gasteiger partial charge in [0.1, 0.15) is 0 Å². The number of imide groups is 1. The average Bonchev–Trinajstić information content (AvgIpc) is 3.03. The zero-order valence-corrected chi connectivity index (χ0v) is 18.6. The Bertz CT molecular complexity index is 469. The summed E-state index contributed by atoms with van der Waals surface area (Å²) in [5, 5.41) is 3.39. The minimum absolute atomic E-state index is 0. The van der Waals surface area contributed by atoms with Crippen molar-refractivity contribution >= 4 is 23.7 Å². The van der Waals surface area contributed by atoms with E-state index in [1.54, 1.807) is 0 Å². The van der Waals surface area contributed by atoms with E-state index in [0.717, 1.165) is 51.7 Å². The van der Waals surface area contributed by atoms with Gasteiger partial charge in [-0.3, -0.25) is 14.4 Å². The second kappa shape index (κ2) is 24.2. The first kappa shape index (κ1) is 33.6. The van der Waals surface area contributed by atoms with Crippen LogP contribution in [0.5, 0.6) is 0 Å². The highest BCUT2D eigenvalue weighted by Gasteiger charge is 2.32. The van der Waals surface area contributed by atoms with Crippen LogP contribution in [0, 0.1) is 0 Å². The summed E-state index contributed by atoms with van der Waals surface area (Å²) in [5.74, 6) is -1.25. The van der Waals surface area contributed by atoms with Crippen LogP contribution in [0.2, 0.25) is 0 Å². The molecule has 10 heteroatoms. The predicted octanol–water partition coefficient (Wildman–Crippen LogP) is 1.36. The van der Waals surface area contributed by atoms with Crippen molar-refractivity contribution in [1.82, 2.24) is 10.4 Å². The van der Waals surface area contributed by atoms with Gasteiger partial charge in [0.2, 0.25) is 5.91 Å². The molecule has 0 bridgehead atoms. The van der Waals surface area contributed by atoms with Crippen molar-refractivity contribution in [1.29, 1.82) is 0 Å². The molecule has 0 atom stereocenters. The summed E-state index contributed by atoms with van der Waals surface area (Å²) >= 11 is 0. The molecular weight excluding hydrogens is 402 g/mol. The fourth-order valence-corrected chi connectivity index (χ4v) is 2.11. The topological polar surface area (TPSA) is 171 Å². The normalized spacial score (nSPS) is 12.1. The lowest BCUT2D eigenvalue weighted by Crippen LogP contribution is -2.31. The number of amides is 3. The van der Waals surface area contributed by atoms with Gasteiger partial charge in [0.05, 0.1) is 0 Å². The molecule has 0 aromatic heterocycles. The molecule has 3 amide bonds. The Morgan fingerprint density at radius 2 is 1.32 bits per heavy atom. The Morgan fingerprint density at radius 3 is 1.74 bits per heavy atom. The van der Waals surface area contributed by atoms with Crippen LogP contribution >= 0.6 is 0 Å². The highest BCUT2D eigenvalue weighted by atomic mass is 16.7. The lowest BCUT2D eigenvalue weighted by atomic mass is 10.3. The minimum atomic E-state index is -0.536. The van der Waals surface area contributed by atoms with Gasteiger partial charge in [0.25, 0.3) is 11.8 Å². The summed E-state index contributed by atoms with van der Waals surface area (Å²) in [6.07, 6.45) is 6.80. The second-order valence-corrected chi connectivity index (χ2v) is 6.68. The number of carbonyl (C=O) groups excluding carboxylic acids is 4. The van der Waals surface area contributed by atoms with E-state index in [0.29, 0.717) is 24.4 Å². The maximum atomic E-state index is 11.0. The smallest absolute Gasteiger partial charge is 0.333 e. The molecule has 1 saturated heterocycles. The quantitative estimate of drug-likeness (QED) is 0.256. The SMILES string of the molecule is C.CCCC(=O)NCCCCN.CCCC(=O)ON1C(=O)CCC1=O.NCCCCN. The summed E-state index contributed by atoms with van der Waals surface area (Å²) in [7, 11) is 0. The highest BCUT2D eigenvalue weighted by Crippen LogP contribution is 2.12. The molecule has 1 rings (SSSR count). The number of nitrogens with zero attached hydrogens (tertiary/aromatic N) is 1. The number of rotatable bonds is 12. The van der Waals surface area contributed by atoms with Gasteiger partial charge in [-0.2, -0.15) is 0 Å². The number of hydrogen-bond acceptors (Lipinski definition) is 8. The van der Waals surface area contributed by atoms with Gasteiger partial charge < -0.3 is 27.4 Å². The maximum absolute atomic E-state index is 11.0. The van der Waals surface area contributed by atoms with E-state index in [4.69, 9.17) is 17.2 Å². The molecule has 0 spiro atoms. The van der Waals surface area contributed by atoms with Crippen LogP contribution in [-0.4, -0.2) is 54.9 Å². The molecular formula is C21H45N5O5. The molecule has 0 aromatic rings. The summed E-state index contributed by atoms with van der Waals surface area (Å²) < 4.78 is 0. The van der Waals surface area contributed by atoms with Crippen molar-refractivity contribution in [2.45, 2.75) is 85.5 Å². The molecule has 0 radical (unpaired) electrons. The van der Waals surface area contributed by atoms with Crippen LogP contribution in [0.3, 0.4) is 0 Å².